The van der Waals surface area contributed by atoms with Gasteiger partial charge in [0.15, 0.2) is 11.6 Å². The molecule has 2 aliphatic rings. The van der Waals surface area contributed by atoms with Crippen molar-refractivity contribution in [3.63, 3.8) is 0 Å². The Morgan fingerprint density at radius 1 is 1.31 bits per heavy atom. The zero-order chi connectivity index (χ0) is 20.6. The molecule has 2 aromatic rings. The summed E-state index contributed by atoms with van der Waals surface area (Å²) in [6.45, 7) is 0.00106. The number of alkyl halides is 1. The van der Waals surface area contributed by atoms with E-state index in [-0.39, 0.29) is 23.2 Å². The molecule has 1 aliphatic carbocycles. The Morgan fingerprint density at radius 3 is 2.62 bits per heavy atom. The first-order valence-corrected chi connectivity index (χ1v) is 10.7. The van der Waals surface area contributed by atoms with E-state index in [1.165, 1.54) is 24.3 Å². The average Bonchev–Trinajstić information content (AvgIpc) is 2.67. The van der Waals surface area contributed by atoms with Gasteiger partial charge in [0.1, 0.15) is 12.8 Å². The summed E-state index contributed by atoms with van der Waals surface area (Å²) in [5.74, 6) is -0.388. The molecule has 1 saturated carbocycles. The van der Waals surface area contributed by atoms with Gasteiger partial charge >= 0.3 is 0 Å². The smallest absolute Gasteiger partial charge is 0.238 e. The minimum atomic E-state index is -3.79. The summed E-state index contributed by atoms with van der Waals surface area (Å²) < 4.78 is 56.3. The Hall–Kier alpha value is -2.37. The summed E-state index contributed by atoms with van der Waals surface area (Å²) in [6, 6.07) is 5.69. The highest BCUT2D eigenvalue weighted by Gasteiger charge is 2.46. The van der Waals surface area contributed by atoms with Crippen molar-refractivity contribution in [2.24, 2.45) is 5.14 Å². The topological polar surface area (TPSA) is 110 Å². The number of sulfonamides is 1. The largest absolute Gasteiger partial charge is 0.365 e. The quantitative estimate of drug-likeness (QED) is 0.755. The summed E-state index contributed by atoms with van der Waals surface area (Å²) in [7, 11) is -3.79. The molecule has 1 aromatic heterocycles. The van der Waals surface area contributed by atoms with Gasteiger partial charge in [-0.2, -0.15) is 4.98 Å². The zero-order valence-corrected chi connectivity index (χ0v) is 16.3. The van der Waals surface area contributed by atoms with Crippen LogP contribution in [0.3, 0.4) is 0 Å². The van der Waals surface area contributed by atoms with Gasteiger partial charge in [0, 0.05) is 18.8 Å². The van der Waals surface area contributed by atoms with Crippen LogP contribution in [0.15, 0.2) is 35.4 Å². The molecule has 3 N–H and O–H groups in total. The molecule has 0 amide bonds. The van der Waals surface area contributed by atoms with E-state index < -0.39 is 34.2 Å². The lowest BCUT2D eigenvalue weighted by molar-refractivity contribution is -0.152. The predicted octanol–water partition coefficient (Wildman–Crippen LogP) is 2.10. The summed E-state index contributed by atoms with van der Waals surface area (Å²) >= 11 is 0. The third-order valence-corrected chi connectivity index (χ3v) is 6.15. The minimum Gasteiger partial charge on any atom is -0.365 e. The SMILES string of the molecule is NS(=O)(=O)c1ccc(Nc2ncc(F)c(N3C[C@@H](CF)OC4(CCC4)C3)n2)cc1. The fraction of sp³-hybridized carbons (Fsp3) is 0.444. The molecule has 1 atom stereocenters. The number of nitrogens with two attached hydrogens (primary N) is 1. The van der Waals surface area contributed by atoms with Crippen LogP contribution in [0, 0.1) is 5.82 Å². The fourth-order valence-corrected chi connectivity index (χ4v) is 4.19. The summed E-state index contributed by atoms with van der Waals surface area (Å²) in [5, 5.41) is 7.99. The lowest BCUT2D eigenvalue weighted by Crippen LogP contribution is -2.60. The van der Waals surface area contributed by atoms with E-state index in [9.17, 15) is 17.2 Å². The first kappa shape index (κ1) is 19.9. The van der Waals surface area contributed by atoms with Crippen molar-refractivity contribution < 1.29 is 21.9 Å². The van der Waals surface area contributed by atoms with Crippen molar-refractivity contribution in [3.8, 4) is 0 Å². The molecular formula is C18H21F2N5O3S. The van der Waals surface area contributed by atoms with Crippen LogP contribution in [0.2, 0.25) is 0 Å². The Kier molecular flexibility index (Phi) is 5.13. The van der Waals surface area contributed by atoms with Gasteiger partial charge in [-0.3, -0.25) is 0 Å². The van der Waals surface area contributed by atoms with Crippen LogP contribution >= 0.6 is 0 Å². The normalized spacial score (nSPS) is 21.1. The molecule has 11 heteroatoms. The number of primary sulfonamides is 1. The number of aromatic nitrogens is 2. The number of ether oxygens (including phenoxy) is 1. The molecule has 1 aromatic carbocycles. The van der Waals surface area contributed by atoms with Crippen molar-refractivity contribution in [2.75, 3.05) is 30.0 Å². The van der Waals surface area contributed by atoms with Crippen LogP contribution in [0.4, 0.5) is 26.2 Å². The minimum absolute atomic E-state index is 0.0276. The monoisotopic (exact) mass is 425 g/mol. The first-order chi connectivity index (χ1) is 13.8. The summed E-state index contributed by atoms with van der Waals surface area (Å²) in [5.41, 5.74) is 0.0674. The third kappa shape index (κ3) is 4.16. The molecule has 29 heavy (non-hydrogen) atoms. The average molecular weight is 425 g/mol. The summed E-state index contributed by atoms with van der Waals surface area (Å²) in [6.07, 6.45) is 3.06. The van der Waals surface area contributed by atoms with Gasteiger partial charge in [-0.1, -0.05) is 0 Å². The van der Waals surface area contributed by atoms with E-state index in [1.54, 1.807) is 4.90 Å². The highest BCUT2D eigenvalue weighted by Crippen LogP contribution is 2.41. The number of anilines is 3. The number of hydrogen-bond donors (Lipinski definition) is 2. The maximum Gasteiger partial charge on any atom is 0.238 e. The second-order valence-corrected chi connectivity index (χ2v) is 8.93. The van der Waals surface area contributed by atoms with Crippen LogP contribution in [0.1, 0.15) is 19.3 Å². The molecule has 1 aliphatic heterocycles. The molecule has 0 unspecified atom stereocenters. The first-order valence-electron chi connectivity index (χ1n) is 9.19. The number of morpholine rings is 1. The van der Waals surface area contributed by atoms with Crippen molar-refractivity contribution in [1.29, 1.82) is 0 Å². The van der Waals surface area contributed by atoms with Gasteiger partial charge < -0.3 is 15.0 Å². The van der Waals surface area contributed by atoms with E-state index in [2.05, 4.69) is 15.3 Å². The number of rotatable bonds is 5. The van der Waals surface area contributed by atoms with Crippen molar-refractivity contribution in [3.05, 3.63) is 36.3 Å². The maximum absolute atomic E-state index is 14.5. The van der Waals surface area contributed by atoms with Crippen LogP contribution < -0.4 is 15.4 Å². The van der Waals surface area contributed by atoms with Crippen molar-refractivity contribution in [1.82, 2.24) is 9.97 Å². The van der Waals surface area contributed by atoms with E-state index in [1.807, 2.05) is 0 Å². The van der Waals surface area contributed by atoms with E-state index in [4.69, 9.17) is 9.88 Å². The number of halogens is 2. The number of hydrogen-bond acceptors (Lipinski definition) is 7. The molecule has 0 bridgehead atoms. The molecule has 1 saturated heterocycles. The van der Waals surface area contributed by atoms with Crippen LogP contribution in [-0.2, 0) is 14.8 Å². The maximum atomic E-state index is 14.5. The number of benzene rings is 1. The van der Waals surface area contributed by atoms with Gasteiger partial charge in [-0.15, -0.1) is 0 Å². The van der Waals surface area contributed by atoms with E-state index >= 15 is 0 Å². The second kappa shape index (κ2) is 7.47. The van der Waals surface area contributed by atoms with Crippen LogP contribution in [0.5, 0.6) is 0 Å². The number of nitrogens with zero attached hydrogens (tertiary/aromatic N) is 3. The van der Waals surface area contributed by atoms with Gasteiger partial charge in [-0.05, 0) is 43.5 Å². The van der Waals surface area contributed by atoms with Gasteiger partial charge in [0.25, 0.3) is 0 Å². The number of nitrogens with one attached hydrogen (secondary N) is 1. The molecule has 1 spiro atoms. The summed E-state index contributed by atoms with van der Waals surface area (Å²) in [4.78, 5) is 9.88. The third-order valence-electron chi connectivity index (χ3n) is 5.22. The lowest BCUT2D eigenvalue weighted by atomic mass is 9.78. The molecule has 156 valence electrons. The lowest BCUT2D eigenvalue weighted by Gasteiger charge is -2.51. The standard InChI is InChI=1S/C18H21F2N5O3S/c19-8-13-10-25(11-18(28-13)6-1-7-18)16-15(20)9-22-17(24-16)23-12-2-4-14(5-3-12)29(21,26)27/h2-5,9,13H,1,6-8,10-11H2,(H2,21,26,27)(H,22,23,24)/t13-/m1/s1. The van der Waals surface area contributed by atoms with Crippen molar-refractivity contribution >= 4 is 27.5 Å². The zero-order valence-electron chi connectivity index (χ0n) is 15.5. The van der Waals surface area contributed by atoms with Crippen LogP contribution in [0.25, 0.3) is 0 Å². The molecule has 2 fully saturated rings. The van der Waals surface area contributed by atoms with Gasteiger partial charge in [0.05, 0.1) is 16.7 Å². The Balaban J connectivity index is 1.56. The predicted molar refractivity (Wildman–Crippen MR) is 103 cm³/mol. The van der Waals surface area contributed by atoms with Crippen molar-refractivity contribution in [2.45, 2.75) is 35.9 Å². The van der Waals surface area contributed by atoms with E-state index in [0.717, 1.165) is 25.5 Å². The fourth-order valence-electron chi connectivity index (χ4n) is 3.67. The Labute approximate surface area is 167 Å². The molecule has 2 heterocycles. The Bertz CT molecular complexity index is 999. The van der Waals surface area contributed by atoms with E-state index in [0.29, 0.717) is 12.2 Å². The Morgan fingerprint density at radius 2 is 2.03 bits per heavy atom. The van der Waals surface area contributed by atoms with Gasteiger partial charge in [0.2, 0.25) is 16.0 Å². The second-order valence-electron chi connectivity index (χ2n) is 7.37. The molecular weight excluding hydrogens is 404 g/mol. The molecule has 0 radical (unpaired) electrons. The highest BCUT2D eigenvalue weighted by molar-refractivity contribution is 7.89. The molecule has 8 nitrogen and oxygen atoms in total. The molecule has 4 rings (SSSR count). The van der Waals surface area contributed by atoms with Crippen LogP contribution in [-0.4, -0.2) is 49.9 Å². The highest BCUT2D eigenvalue weighted by atomic mass is 32.2. The van der Waals surface area contributed by atoms with Gasteiger partial charge in [-0.25, -0.2) is 27.3 Å².